The van der Waals surface area contributed by atoms with Crippen molar-refractivity contribution in [1.29, 1.82) is 0 Å². The standard InChI is InChI=1S/C13H18BBrO2/c1-9-7-11(15)5-6-12(9)14-16-10(2)8-13(3,4)17-14/h5-7,10H,8H2,1-4H3/t10-/m1/s1. The minimum absolute atomic E-state index is 0.123. The van der Waals surface area contributed by atoms with E-state index < -0.39 is 0 Å². The van der Waals surface area contributed by atoms with Crippen LogP contribution in [0.15, 0.2) is 22.7 Å². The summed E-state index contributed by atoms with van der Waals surface area (Å²) in [6.45, 7) is 8.42. The van der Waals surface area contributed by atoms with Crippen molar-refractivity contribution < 1.29 is 9.31 Å². The zero-order chi connectivity index (χ0) is 12.6. The number of benzene rings is 1. The van der Waals surface area contributed by atoms with E-state index in [1.165, 1.54) is 5.56 Å². The van der Waals surface area contributed by atoms with Crippen molar-refractivity contribution in [2.45, 2.75) is 45.8 Å². The molecule has 1 aliphatic heterocycles. The summed E-state index contributed by atoms with van der Waals surface area (Å²) in [6, 6.07) is 6.19. The Balaban J connectivity index is 2.27. The minimum atomic E-state index is -0.248. The van der Waals surface area contributed by atoms with Gasteiger partial charge in [-0.25, -0.2) is 0 Å². The summed E-state index contributed by atoms with van der Waals surface area (Å²) in [4.78, 5) is 0. The number of hydrogen-bond donors (Lipinski definition) is 0. The Morgan fingerprint density at radius 1 is 1.41 bits per heavy atom. The molecule has 1 aliphatic rings. The number of rotatable bonds is 1. The average Bonchev–Trinajstić information content (AvgIpc) is 2.13. The van der Waals surface area contributed by atoms with Crippen molar-refractivity contribution in [3.05, 3.63) is 28.2 Å². The summed E-state index contributed by atoms with van der Waals surface area (Å²) >= 11 is 3.47. The molecule has 17 heavy (non-hydrogen) atoms. The van der Waals surface area contributed by atoms with Crippen LogP contribution in [0, 0.1) is 6.92 Å². The molecule has 0 bridgehead atoms. The molecule has 0 N–H and O–H groups in total. The number of halogens is 1. The molecule has 0 radical (unpaired) electrons. The molecular formula is C13H18BBrO2. The lowest BCUT2D eigenvalue weighted by molar-refractivity contribution is -0.0230. The van der Waals surface area contributed by atoms with Crippen molar-refractivity contribution in [3.63, 3.8) is 0 Å². The zero-order valence-electron chi connectivity index (χ0n) is 10.8. The first-order valence-electron chi connectivity index (χ1n) is 5.97. The fourth-order valence-electron chi connectivity index (χ4n) is 2.36. The second-order valence-corrected chi connectivity index (χ2v) is 6.28. The lowest BCUT2D eigenvalue weighted by atomic mass is 9.73. The third kappa shape index (κ3) is 3.12. The molecule has 0 aliphatic carbocycles. The van der Waals surface area contributed by atoms with Crippen molar-refractivity contribution in [2.24, 2.45) is 0 Å². The fraction of sp³-hybridized carbons (Fsp3) is 0.538. The van der Waals surface area contributed by atoms with Crippen LogP contribution in [-0.4, -0.2) is 18.8 Å². The monoisotopic (exact) mass is 296 g/mol. The largest absolute Gasteiger partial charge is 0.494 e. The first kappa shape index (κ1) is 13.1. The molecular weight excluding hydrogens is 279 g/mol. The fourth-order valence-corrected chi connectivity index (χ4v) is 2.83. The van der Waals surface area contributed by atoms with Gasteiger partial charge in [0.15, 0.2) is 0 Å². The van der Waals surface area contributed by atoms with Crippen molar-refractivity contribution in [3.8, 4) is 0 Å². The van der Waals surface area contributed by atoms with E-state index in [9.17, 15) is 0 Å². The maximum atomic E-state index is 6.01. The highest BCUT2D eigenvalue weighted by Crippen LogP contribution is 2.26. The summed E-state index contributed by atoms with van der Waals surface area (Å²) in [5.74, 6) is 0. The maximum Gasteiger partial charge on any atom is 0.494 e. The van der Waals surface area contributed by atoms with Gasteiger partial charge < -0.3 is 9.31 Å². The van der Waals surface area contributed by atoms with E-state index in [0.29, 0.717) is 0 Å². The van der Waals surface area contributed by atoms with Crippen molar-refractivity contribution in [1.82, 2.24) is 0 Å². The van der Waals surface area contributed by atoms with E-state index in [-0.39, 0.29) is 18.8 Å². The lowest BCUT2D eigenvalue weighted by Gasteiger charge is -2.38. The Morgan fingerprint density at radius 3 is 2.71 bits per heavy atom. The summed E-state index contributed by atoms with van der Waals surface area (Å²) in [5, 5.41) is 0. The van der Waals surface area contributed by atoms with Gasteiger partial charge in [-0.05, 0) is 51.7 Å². The Hall–Kier alpha value is -0.315. The second-order valence-electron chi connectivity index (χ2n) is 5.36. The van der Waals surface area contributed by atoms with Crippen LogP contribution in [-0.2, 0) is 9.31 Å². The van der Waals surface area contributed by atoms with Gasteiger partial charge in [0.25, 0.3) is 0 Å². The maximum absolute atomic E-state index is 6.01. The van der Waals surface area contributed by atoms with Gasteiger partial charge in [0.05, 0.1) is 5.60 Å². The van der Waals surface area contributed by atoms with Crippen molar-refractivity contribution >= 4 is 28.5 Å². The Labute approximate surface area is 112 Å². The van der Waals surface area contributed by atoms with Crippen LogP contribution in [0.4, 0.5) is 0 Å². The molecule has 0 unspecified atom stereocenters. The van der Waals surface area contributed by atoms with Crippen LogP contribution in [0.25, 0.3) is 0 Å². The third-order valence-electron chi connectivity index (χ3n) is 3.05. The van der Waals surface area contributed by atoms with Crippen LogP contribution in [0.1, 0.15) is 32.8 Å². The number of aryl methyl sites for hydroxylation is 1. The van der Waals surface area contributed by atoms with Crippen molar-refractivity contribution in [2.75, 3.05) is 0 Å². The van der Waals surface area contributed by atoms with Gasteiger partial charge in [-0.15, -0.1) is 0 Å². The summed E-state index contributed by atoms with van der Waals surface area (Å²) in [6.07, 6.45) is 1.16. The third-order valence-corrected chi connectivity index (χ3v) is 3.54. The van der Waals surface area contributed by atoms with E-state index in [4.69, 9.17) is 9.31 Å². The van der Waals surface area contributed by atoms with Gasteiger partial charge in [0, 0.05) is 10.6 Å². The van der Waals surface area contributed by atoms with Crippen LogP contribution >= 0.6 is 15.9 Å². The van der Waals surface area contributed by atoms with Gasteiger partial charge in [0.1, 0.15) is 0 Å². The molecule has 1 fully saturated rings. The van der Waals surface area contributed by atoms with E-state index in [2.05, 4.69) is 55.8 Å². The molecule has 2 nitrogen and oxygen atoms in total. The lowest BCUT2D eigenvalue weighted by Crippen LogP contribution is -2.52. The minimum Gasteiger partial charge on any atom is -0.405 e. The number of hydrogen-bond acceptors (Lipinski definition) is 2. The molecule has 1 saturated heterocycles. The average molecular weight is 297 g/mol. The van der Waals surface area contributed by atoms with Crippen LogP contribution in [0.5, 0.6) is 0 Å². The Morgan fingerprint density at radius 2 is 2.12 bits per heavy atom. The molecule has 1 atom stereocenters. The van der Waals surface area contributed by atoms with E-state index in [1.807, 2.05) is 6.07 Å². The zero-order valence-corrected chi connectivity index (χ0v) is 12.4. The van der Waals surface area contributed by atoms with Crippen LogP contribution in [0.2, 0.25) is 0 Å². The molecule has 0 aromatic heterocycles. The van der Waals surface area contributed by atoms with Gasteiger partial charge in [0.2, 0.25) is 0 Å². The predicted octanol–water partition coefficient (Wildman–Crippen LogP) is 3.06. The van der Waals surface area contributed by atoms with E-state index >= 15 is 0 Å². The highest BCUT2D eigenvalue weighted by molar-refractivity contribution is 9.10. The molecule has 1 aromatic carbocycles. The molecule has 92 valence electrons. The summed E-state index contributed by atoms with van der Waals surface area (Å²) < 4.78 is 13.0. The molecule has 0 amide bonds. The van der Waals surface area contributed by atoms with E-state index in [1.54, 1.807) is 0 Å². The molecule has 1 heterocycles. The van der Waals surface area contributed by atoms with Gasteiger partial charge in [-0.2, -0.15) is 0 Å². The SMILES string of the molecule is Cc1cc(Br)ccc1B1O[C@H](C)CC(C)(C)O1. The highest BCUT2D eigenvalue weighted by atomic mass is 79.9. The topological polar surface area (TPSA) is 18.5 Å². The first-order valence-corrected chi connectivity index (χ1v) is 6.76. The molecule has 2 rings (SSSR count). The molecule has 0 spiro atoms. The summed E-state index contributed by atoms with van der Waals surface area (Å²) in [7, 11) is -0.248. The van der Waals surface area contributed by atoms with Crippen LogP contribution < -0.4 is 5.46 Å². The molecule has 4 heteroatoms. The smallest absolute Gasteiger partial charge is 0.405 e. The Kier molecular flexibility index (Phi) is 3.67. The quantitative estimate of drug-likeness (QED) is 0.742. The van der Waals surface area contributed by atoms with E-state index in [0.717, 1.165) is 16.4 Å². The van der Waals surface area contributed by atoms with Gasteiger partial charge >= 0.3 is 7.12 Å². The van der Waals surface area contributed by atoms with Gasteiger partial charge in [-0.1, -0.05) is 27.6 Å². The molecule has 1 aromatic rings. The van der Waals surface area contributed by atoms with Crippen LogP contribution in [0.3, 0.4) is 0 Å². The highest BCUT2D eigenvalue weighted by Gasteiger charge is 2.38. The predicted molar refractivity (Wildman–Crippen MR) is 74.6 cm³/mol. The first-order chi connectivity index (χ1) is 7.87. The summed E-state index contributed by atoms with van der Waals surface area (Å²) in [5.41, 5.74) is 2.18. The second kappa shape index (κ2) is 4.75. The van der Waals surface area contributed by atoms with Gasteiger partial charge in [-0.3, -0.25) is 0 Å². The Bertz CT molecular complexity index is 420. The molecule has 0 saturated carbocycles. The normalized spacial score (nSPS) is 23.8.